The van der Waals surface area contributed by atoms with Crippen molar-refractivity contribution in [2.45, 2.75) is 115 Å². The third kappa shape index (κ3) is 9.26. The van der Waals surface area contributed by atoms with Gasteiger partial charge >= 0.3 is 0 Å². The van der Waals surface area contributed by atoms with Crippen molar-refractivity contribution in [3.8, 4) is 0 Å². The third-order valence-electron chi connectivity index (χ3n) is 5.00. The smallest absolute Gasteiger partial charge is 0.0847 e. The predicted octanol–water partition coefficient (Wildman–Crippen LogP) is 5.81. The molecule has 4 heteroatoms. The standard InChI is InChI=1S/C18H36O3S/c1-2-3-4-5-6-7-8-9-10-12-15-18(21-22(19)20)16-13-11-14-17-18/h2-17H2,1H3,(H,19,20)/p-1. The van der Waals surface area contributed by atoms with E-state index >= 15 is 0 Å². The zero-order chi connectivity index (χ0) is 16.1. The molecule has 0 heterocycles. The van der Waals surface area contributed by atoms with E-state index in [0.717, 1.165) is 38.5 Å². The van der Waals surface area contributed by atoms with Crippen LogP contribution in [0, 0.1) is 0 Å². The second-order valence-electron chi connectivity index (χ2n) is 6.96. The van der Waals surface area contributed by atoms with Crippen LogP contribution >= 0.6 is 0 Å². The molecule has 132 valence electrons. The van der Waals surface area contributed by atoms with Crippen LogP contribution in [0.4, 0.5) is 0 Å². The van der Waals surface area contributed by atoms with Crippen molar-refractivity contribution in [2.24, 2.45) is 0 Å². The van der Waals surface area contributed by atoms with Gasteiger partial charge in [-0.05, 0) is 19.3 Å². The van der Waals surface area contributed by atoms with E-state index in [1.807, 2.05) is 0 Å². The third-order valence-corrected chi connectivity index (χ3v) is 5.49. The van der Waals surface area contributed by atoms with Gasteiger partial charge in [-0.1, -0.05) is 90.4 Å². The Labute approximate surface area is 140 Å². The zero-order valence-electron chi connectivity index (χ0n) is 14.4. The van der Waals surface area contributed by atoms with E-state index in [1.54, 1.807) is 0 Å². The van der Waals surface area contributed by atoms with Gasteiger partial charge in [0.1, 0.15) is 0 Å². The molecule has 0 amide bonds. The van der Waals surface area contributed by atoms with Gasteiger partial charge < -0.3 is 4.55 Å². The molecule has 0 aromatic rings. The number of unbranched alkanes of at least 4 members (excludes halogenated alkanes) is 9. The highest BCUT2D eigenvalue weighted by Crippen LogP contribution is 2.36. The second kappa shape index (κ2) is 12.5. The Bertz CT molecular complexity index is 288. The summed E-state index contributed by atoms with van der Waals surface area (Å²) in [5.41, 5.74) is -0.370. The van der Waals surface area contributed by atoms with Gasteiger partial charge in [0.15, 0.2) is 0 Å². The fraction of sp³-hybridized carbons (Fsp3) is 1.00. The summed E-state index contributed by atoms with van der Waals surface area (Å²) in [7, 11) is 0. The molecule has 1 aliphatic carbocycles. The van der Waals surface area contributed by atoms with Crippen LogP contribution in [0.15, 0.2) is 0 Å². The summed E-state index contributed by atoms with van der Waals surface area (Å²) in [5.74, 6) is 0. The summed E-state index contributed by atoms with van der Waals surface area (Å²) in [4.78, 5) is 0. The van der Waals surface area contributed by atoms with Crippen molar-refractivity contribution in [3.05, 3.63) is 0 Å². The molecule has 0 N–H and O–H groups in total. The van der Waals surface area contributed by atoms with Gasteiger partial charge in [-0.25, -0.2) is 4.21 Å². The van der Waals surface area contributed by atoms with Crippen LogP contribution in [0.3, 0.4) is 0 Å². The molecule has 1 atom stereocenters. The predicted molar refractivity (Wildman–Crippen MR) is 92.3 cm³/mol. The van der Waals surface area contributed by atoms with Gasteiger partial charge in [0, 0.05) is 0 Å². The first kappa shape index (κ1) is 20.1. The highest BCUT2D eigenvalue weighted by Gasteiger charge is 2.33. The van der Waals surface area contributed by atoms with E-state index in [-0.39, 0.29) is 5.60 Å². The van der Waals surface area contributed by atoms with Crippen LogP contribution < -0.4 is 0 Å². The van der Waals surface area contributed by atoms with E-state index in [2.05, 4.69) is 6.92 Å². The highest BCUT2D eigenvalue weighted by atomic mass is 32.2. The SMILES string of the molecule is CCCCCCCCCCCCC1(OS(=O)[O-])CCCCC1. The van der Waals surface area contributed by atoms with Gasteiger partial charge in [0.2, 0.25) is 0 Å². The molecule has 0 aromatic carbocycles. The van der Waals surface area contributed by atoms with E-state index in [9.17, 15) is 8.76 Å². The molecule has 1 fully saturated rings. The van der Waals surface area contributed by atoms with Crippen LogP contribution in [0.1, 0.15) is 110 Å². The van der Waals surface area contributed by atoms with Crippen molar-refractivity contribution in [3.63, 3.8) is 0 Å². The average molecular weight is 332 g/mol. The molecule has 3 nitrogen and oxygen atoms in total. The van der Waals surface area contributed by atoms with Crippen LogP contribution in [-0.4, -0.2) is 14.4 Å². The Hall–Kier alpha value is 0.0700. The molecule has 1 unspecified atom stereocenters. The van der Waals surface area contributed by atoms with Crippen molar-refractivity contribution < 1.29 is 12.9 Å². The molecule has 0 spiro atoms. The van der Waals surface area contributed by atoms with Crippen molar-refractivity contribution >= 4 is 11.4 Å². The Morgan fingerprint density at radius 2 is 1.36 bits per heavy atom. The summed E-state index contributed by atoms with van der Waals surface area (Å²) >= 11 is -2.37. The minimum atomic E-state index is -2.37. The van der Waals surface area contributed by atoms with E-state index in [4.69, 9.17) is 4.18 Å². The normalized spacial score (nSPS) is 19.2. The topological polar surface area (TPSA) is 49.4 Å². The van der Waals surface area contributed by atoms with Crippen LogP contribution in [-0.2, 0) is 15.5 Å². The Kier molecular flexibility index (Phi) is 11.4. The minimum Gasteiger partial charge on any atom is -0.750 e. The van der Waals surface area contributed by atoms with Gasteiger partial charge in [-0.2, -0.15) is 0 Å². The molecule has 0 saturated heterocycles. The monoisotopic (exact) mass is 331 g/mol. The molecule has 0 radical (unpaired) electrons. The Morgan fingerprint density at radius 1 is 0.864 bits per heavy atom. The minimum absolute atomic E-state index is 0.370. The Morgan fingerprint density at radius 3 is 1.86 bits per heavy atom. The van der Waals surface area contributed by atoms with Gasteiger partial charge in [0.25, 0.3) is 0 Å². The van der Waals surface area contributed by atoms with Crippen molar-refractivity contribution in [2.75, 3.05) is 0 Å². The molecular formula is C18H35O3S-. The first-order valence-electron chi connectivity index (χ1n) is 9.47. The molecular weight excluding hydrogens is 296 g/mol. The molecule has 0 aliphatic heterocycles. The van der Waals surface area contributed by atoms with Crippen LogP contribution in [0.5, 0.6) is 0 Å². The summed E-state index contributed by atoms with van der Waals surface area (Å²) in [6.45, 7) is 2.26. The number of hydrogen-bond acceptors (Lipinski definition) is 3. The van der Waals surface area contributed by atoms with Gasteiger partial charge in [-0.15, -0.1) is 0 Å². The highest BCUT2D eigenvalue weighted by molar-refractivity contribution is 7.74. The summed E-state index contributed by atoms with van der Waals surface area (Å²) in [6, 6.07) is 0. The van der Waals surface area contributed by atoms with E-state index in [0.29, 0.717) is 0 Å². The van der Waals surface area contributed by atoms with Crippen LogP contribution in [0.25, 0.3) is 0 Å². The van der Waals surface area contributed by atoms with Crippen molar-refractivity contribution in [1.29, 1.82) is 0 Å². The molecule has 22 heavy (non-hydrogen) atoms. The lowest BCUT2D eigenvalue weighted by atomic mass is 9.81. The number of hydrogen-bond donors (Lipinski definition) is 0. The lowest BCUT2D eigenvalue weighted by molar-refractivity contribution is 0.0236. The average Bonchev–Trinajstić information content (AvgIpc) is 2.49. The molecule has 1 saturated carbocycles. The largest absolute Gasteiger partial charge is 0.750 e. The fourth-order valence-corrected chi connectivity index (χ4v) is 4.19. The zero-order valence-corrected chi connectivity index (χ0v) is 15.3. The van der Waals surface area contributed by atoms with Gasteiger partial charge in [-0.3, -0.25) is 4.18 Å². The number of rotatable bonds is 13. The summed E-state index contributed by atoms with van der Waals surface area (Å²) in [5, 5.41) is 0. The second-order valence-corrected chi connectivity index (χ2v) is 7.54. The maximum absolute atomic E-state index is 10.9. The molecule has 0 bridgehead atoms. The lowest BCUT2D eigenvalue weighted by Gasteiger charge is -2.37. The first-order valence-corrected chi connectivity index (χ1v) is 10.5. The molecule has 0 aromatic heterocycles. The quantitative estimate of drug-likeness (QED) is 0.316. The maximum Gasteiger partial charge on any atom is 0.0847 e. The molecule has 1 rings (SSSR count). The van der Waals surface area contributed by atoms with E-state index < -0.39 is 11.4 Å². The van der Waals surface area contributed by atoms with Gasteiger partial charge in [0.05, 0.1) is 17.0 Å². The Balaban J connectivity index is 2.04. The maximum atomic E-state index is 10.9. The van der Waals surface area contributed by atoms with Crippen molar-refractivity contribution in [1.82, 2.24) is 0 Å². The summed E-state index contributed by atoms with van der Waals surface area (Å²) in [6.07, 6.45) is 19.3. The van der Waals surface area contributed by atoms with E-state index in [1.165, 1.54) is 64.2 Å². The lowest BCUT2D eigenvalue weighted by Crippen LogP contribution is -2.35. The molecule has 1 aliphatic rings. The van der Waals surface area contributed by atoms with Crippen LogP contribution in [0.2, 0.25) is 0 Å². The first-order chi connectivity index (χ1) is 10.7. The fourth-order valence-electron chi connectivity index (χ4n) is 3.65. The summed E-state index contributed by atoms with van der Waals surface area (Å²) < 4.78 is 27.1.